The van der Waals surface area contributed by atoms with Crippen LogP contribution in [0.25, 0.3) is 32.8 Å². The minimum atomic E-state index is -2.54. The van der Waals surface area contributed by atoms with Crippen LogP contribution in [0.5, 0.6) is 11.8 Å². The van der Waals surface area contributed by atoms with Crippen LogP contribution in [-0.2, 0) is 0 Å². The molecule has 1 spiro atoms. The van der Waals surface area contributed by atoms with Crippen LogP contribution in [0, 0.1) is 40.6 Å². The summed E-state index contributed by atoms with van der Waals surface area (Å²) in [5.74, 6) is -2.82. The molecule has 2 saturated carbocycles. The Balaban J connectivity index is 1.09. The van der Waals surface area contributed by atoms with Crippen LogP contribution in [-0.4, -0.2) is 77.3 Å². The van der Waals surface area contributed by atoms with Crippen LogP contribution in [0.2, 0.25) is 0 Å². The zero-order chi connectivity index (χ0) is 34.6. The van der Waals surface area contributed by atoms with E-state index in [2.05, 4.69) is 21.1 Å². The summed E-state index contributed by atoms with van der Waals surface area (Å²) in [6.07, 6.45) is 10.4. The Morgan fingerprint density at radius 2 is 1.70 bits per heavy atom. The number of piperidine rings is 1. The number of alkyl halides is 2. The number of phenols is 1. The lowest BCUT2D eigenvalue weighted by Crippen LogP contribution is -2.51. The molecule has 0 radical (unpaired) electrons. The number of likely N-dealkylation sites (tertiary alicyclic amines) is 1. The fourth-order valence-electron chi connectivity index (χ4n) is 8.72. The van der Waals surface area contributed by atoms with Crippen molar-refractivity contribution in [3.05, 3.63) is 53.3 Å². The van der Waals surface area contributed by atoms with Gasteiger partial charge in [0.1, 0.15) is 28.7 Å². The number of anilines is 1. The Morgan fingerprint density at radius 3 is 2.36 bits per heavy atom. The van der Waals surface area contributed by atoms with E-state index in [9.17, 15) is 18.3 Å². The van der Waals surface area contributed by atoms with Crippen molar-refractivity contribution in [1.82, 2.24) is 20.2 Å². The first-order valence-electron chi connectivity index (χ1n) is 17.3. The second-order valence-corrected chi connectivity index (χ2v) is 15.2. The van der Waals surface area contributed by atoms with Crippen molar-refractivity contribution >= 4 is 27.5 Å². The lowest BCUT2D eigenvalue weighted by Gasteiger charge is -2.35. The lowest BCUT2D eigenvalue weighted by atomic mass is 9.92. The first kappa shape index (κ1) is 31.7. The van der Waals surface area contributed by atoms with E-state index in [0.29, 0.717) is 56.8 Å². The summed E-state index contributed by atoms with van der Waals surface area (Å²) in [6.45, 7) is 3.39. The maximum Gasteiger partial charge on any atom is 0.319 e. The molecule has 260 valence electrons. The van der Waals surface area contributed by atoms with Crippen LogP contribution in [0.4, 0.5) is 27.8 Å². The molecule has 4 heterocycles. The maximum absolute atomic E-state index is 16.9. The molecule has 3 aliphatic heterocycles. The largest absolute Gasteiger partial charge is 0.508 e. The van der Waals surface area contributed by atoms with Crippen LogP contribution in [0.1, 0.15) is 50.5 Å². The number of hydrogen-bond acceptors (Lipinski definition) is 7. The van der Waals surface area contributed by atoms with Gasteiger partial charge >= 0.3 is 6.01 Å². The first-order valence-corrected chi connectivity index (χ1v) is 17.3. The number of ether oxygens (including phenoxy) is 1. The summed E-state index contributed by atoms with van der Waals surface area (Å²) in [7, 11) is 0. The third-order valence-electron chi connectivity index (χ3n) is 11.9. The average Bonchev–Trinajstić information content (AvgIpc) is 3.93. The van der Waals surface area contributed by atoms with Crippen LogP contribution >= 0.6 is 0 Å². The number of aromatic nitrogens is 2. The average molecular weight is 690 g/mol. The van der Waals surface area contributed by atoms with Crippen molar-refractivity contribution in [2.45, 2.75) is 63.0 Å². The molecule has 3 saturated heterocycles. The molecule has 2 N–H and O–H groups in total. The molecule has 9 rings (SSSR count). The Bertz CT molecular complexity index is 2090. The van der Waals surface area contributed by atoms with E-state index in [4.69, 9.17) is 16.1 Å². The monoisotopic (exact) mass is 689 g/mol. The van der Waals surface area contributed by atoms with Gasteiger partial charge in [0.25, 0.3) is 5.92 Å². The molecule has 7 nitrogen and oxygen atoms in total. The summed E-state index contributed by atoms with van der Waals surface area (Å²) in [5, 5.41) is 14.7. The van der Waals surface area contributed by atoms with Gasteiger partial charge in [-0.2, -0.15) is 9.97 Å². The number of aromatic hydroxyl groups is 1. The third-order valence-corrected chi connectivity index (χ3v) is 11.9. The van der Waals surface area contributed by atoms with E-state index < -0.39 is 34.4 Å². The van der Waals surface area contributed by atoms with E-state index in [1.54, 1.807) is 0 Å². The fraction of sp³-hybridized carbons (Fsp3) is 0.474. The van der Waals surface area contributed by atoms with E-state index in [0.717, 1.165) is 31.7 Å². The second kappa shape index (κ2) is 11.1. The summed E-state index contributed by atoms with van der Waals surface area (Å²) in [4.78, 5) is 13.5. The predicted octanol–water partition coefficient (Wildman–Crippen LogP) is 6.78. The normalized spacial score (nSPS) is 24.5. The quantitative estimate of drug-likeness (QED) is 0.164. The van der Waals surface area contributed by atoms with E-state index >= 15 is 8.78 Å². The maximum atomic E-state index is 16.9. The minimum Gasteiger partial charge on any atom is -0.508 e. The van der Waals surface area contributed by atoms with Crippen LogP contribution < -0.4 is 15.0 Å². The number of benzene rings is 3. The standard InChI is InChI=1S/C38H36F5N5O2/c1-2-25-28(39)6-3-21-13-24(49)14-26(30(21)25)31-29(40)15-27-33(32(31)41)45-35(46-34(27)48-16-22-4-5-23(17-48)44-22)50-20-36(7-8-36)19-47-11-9-37(10-12-47)18-38(37,42)43/h1,3,6,13-15,22-23,44,49H,4-5,7-12,16-20H2. The molecule has 1 aromatic heterocycles. The summed E-state index contributed by atoms with van der Waals surface area (Å²) in [5.41, 5.74) is -1.95. The number of rotatable bonds is 7. The smallest absolute Gasteiger partial charge is 0.319 e. The molecule has 12 heteroatoms. The lowest BCUT2D eigenvalue weighted by molar-refractivity contribution is 0.0252. The molecular weight excluding hydrogens is 653 g/mol. The van der Waals surface area contributed by atoms with E-state index in [1.165, 1.54) is 24.3 Å². The molecule has 3 aromatic carbocycles. The van der Waals surface area contributed by atoms with E-state index in [1.807, 2.05) is 4.90 Å². The molecule has 0 amide bonds. The van der Waals surface area contributed by atoms with Gasteiger partial charge in [-0.05, 0) is 81.3 Å². The molecule has 2 unspecified atom stereocenters. The van der Waals surface area contributed by atoms with Gasteiger partial charge < -0.3 is 25.0 Å². The van der Waals surface area contributed by atoms with Gasteiger partial charge in [0.2, 0.25) is 0 Å². The van der Waals surface area contributed by atoms with Gasteiger partial charge in [-0.3, -0.25) is 0 Å². The highest BCUT2D eigenvalue weighted by atomic mass is 19.3. The van der Waals surface area contributed by atoms with Gasteiger partial charge in [0.05, 0.1) is 17.7 Å². The van der Waals surface area contributed by atoms with Crippen molar-refractivity contribution in [3.8, 4) is 35.2 Å². The van der Waals surface area contributed by atoms with Crippen molar-refractivity contribution < 1.29 is 31.8 Å². The highest BCUT2D eigenvalue weighted by Gasteiger charge is 2.70. The molecule has 2 aliphatic carbocycles. The second-order valence-electron chi connectivity index (χ2n) is 15.2. The van der Waals surface area contributed by atoms with Gasteiger partial charge in [-0.15, -0.1) is 6.42 Å². The van der Waals surface area contributed by atoms with Gasteiger partial charge in [0, 0.05) is 65.3 Å². The highest BCUT2D eigenvalue weighted by molar-refractivity contribution is 6.04. The number of hydrogen-bond donors (Lipinski definition) is 2. The van der Waals surface area contributed by atoms with Crippen molar-refractivity contribution in [3.63, 3.8) is 0 Å². The number of piperazine rings is 1. The van der Waals surface area contributed by atoms with Crippen LogP contribution in [0.3, 0.4) is 0 Å². The van der Waals surface area contributed by atoms with E-state index in [-0.39, 0.29) is 69.7 Å². The van der Waals surface area contributed by atoms with Gasteiger partial charge in [-0.25, -0.2) is 22.0 Å². The van der Waals surface area contributed by atoms with Gasteiger partial charge in [-0.1, -0.05) is 12.0 Å². The van der Waals surface area contributed by atoms with Crippen molar-refractivity contribution in [2.24, 2.45) is 10.8 Å². The zero-order valence-corrected chi connectivity index (χ0v) is 27.3. The summed E-state index contributed by atoms with van der Waals surface area (Å²) >= 11 is 0. The minimum absolute atomic E-state index is 0.00983. The Labute approximate surface area is 285 Å². The Morgan fingerprint density at radius 1 is 0.980 bits per heavy atom. The van der Waals surface area contributed by atoms with Crippen molar-refractivity contribution in [1.29, 1.82) is 0 Å². The van der Waals surface area contributed by atoms with Crippen LogP contribution in [0.15, 0.2) is 30.3 Å². The SMILES string of the molecule is C#Cc1c(F)ccc2cc(O)cc(-c3c(F)cc4c(N5CC6CCC(C5)N6)nc(OCC5(CN6CCC7(CC6)CC7(F)F)CC5)nc4c3F)c12. The molecule has 2 atom stereocenters. The third kappa shape index (κ3) is 5.15. The summed E-state index contributed by atoms with van der Waals surface area (Å²) < 4.78 is 82.2. The van der Waals surface area contributed by atoms with Crippen molar-refractivity contribution in [2.75, 3.05) is 44.2 Å². The number of phenolic OH excluding ortho intramolecular Hbond substituents is 1. The predicted molar refractivity (Wildman–Crippen MR) is 179 cm³/mol. The number of halogens is 5. The number of fused-ring (bicyclic) bond motifs is 4. The molecule has 50 heavy (non-hydrogen) atoms. The first-order chi connectivity index (χ1) is 24.0. The number of terminal acetylenes is 1. The molecule has 2 bridgehead atoms. The molecule has 4 aromatic rings. The number of nitrogens with zero attached hydrogens (tertiary/aromatic N) is 4. The Hall–Kier alpha value is -4.21. The van der Waals surface area contributed by atoms with Gasteiger partial charge in [0.15, 0.2) is 5.82 Å². The zero-order valence-electron chi connectivity index (χ0n) is 27.3. The fourth-order valence-corrected chi connectivity index (χ4v) is 8.72. The molecule has 5 fully saturated rings. The Kier molecular flexibility index (Phi) is 7.08. The number of nitrogens with one attached hydrogen (secondary N) is 1. The summed E-state index contributed by atoms with van der Waals surface area (Å²) in [6, 6.07) is 6.64. The molecular formula is C38H36F5N5O2. The topological polar surface area (TPSA) is 73.8 Å². The molecule has 5 aliphatic rings. The highest BCUT2D eigenvalue weighted by Crippen LogP contribution is 2.66.